The fraction of sp³-hybridized carbons (Fsp3) is 0.368. The summed E-state index contributed by atoms with van der Waals surface area (Å²) in [4.78, 5) is 0. The third-order valence-corrected chi connectivity index (χ3v) is 5.03. The lowest BCUT2D eigenvalue weighted by Gasteiger charge is -2.22. The molecule has 2 heteroatoms. The highest BCUT2D eigenvalue weighted by Crippen LogP contribution is 2.29. The molecule has 0 saturated carbocycles. The third kappa shape index (κ3) is 3.75. The van der Waals surface area contributed by atoms with Gasteiger partial charge < -0.3 is 5.32 Å². The quantitative estimate of drug-likeness (QED) is 0.783. The van der Waals surface area contributed by atoms with Gasteiger partial charge in [-0.1, -0.05) is 64.3 Å². The Morgan fingerprint density at radius 1 is 0.857 bits per heavy atom. The average molecular weight is 346 g/mol. The highest BCUT2D eigenvalue weighted by atomic mass is 79.9. The van der Waals surface area contributed by atoms with Crippen molar-refractivity contribution in [3.8, 4) is 0 Å². The molecule has 0 saturated heterocycles. The van der Waals surface area contributed by atoms with E-state index in [1.807, 2.05) is 0 Å². The van der Waals surface area contributed by atoms with Gasteiger partial charge in [0.25, 0.3) is 0 Å². The maximum Gasteiger partial charge on any atom is 0.0577 e. The van der Waals surface area contributed by atoms with Gasteiger partial charge in [0.15, 0.2) is 0 Å². The first-order chi connectivity index (χ1) is 9.92. The van der Waals surface area contributed by atoms with Crippen molar-refractivity contribution in [3.63, 3.8) is 0 Å². The SMILES string of the molecule is CCNC(c1cc(C)cc(C)c1)c1cc(C)c(Br)c(C)c1. The average Bonchev–Trinajstić information content (AvgIpc) is 2.40. The minimum absolute atomic E-state index is 0.249. The van der Waals surface area contributed by atoms with Gasteiger partial charge in [-0.05, 0) is 56.5 Å². The molecule has 0 bridgehead atoms. The van der Waals surface area contributed by atoms with Crippen LogP contribution >= 0.6 is 15.9 Å². The van der Waals surface area contributed by atoms with Crippen LogP contribution in [0.1, 0.15) is 46.3 Å². The highest BCUT2D eigenvalue weighted by molar-refractivity contribution is 9.10. The lowest BCUT2D eigenvalue weighted by molar-refractivity contribution is 0.629. The molecule has 0 aliphatic rings. The zero-order chi connectivity index (χ0) is 15.6. The number of aryl methyl sites for hydroxylation is 4. The van der Waals surface area contributed by atoms with Crippen molar-refractivity contribution in [3.05, 3.63) is 68.2 Å². The van der Waals surface area contributed by atoms with E-state index >= 15 is 0 Å². The monoisotopic (exact) mass is 345 g/mol. The Morgan fingerprint density at radius 3 is 1.81 bits per heavy atom. The summed E-state index contributed by atoms with van der Waals surface area (Å²) in [5.41, 5.74) is 7.89. The maximum absolute atomic E-state index is 3.66. The van der Waals surface area contributed by atoms with Crippen LogP contribution in [0.2, 0.25) is 0 Å². The van der Waals surface area contributed by atoms with Gasteiger partial charge in [0.05, 0.1) is 6.04 Å². The first kappa shape index (κ1) is 16.3. The van der Waals surface area contributed by atoms with Crippen LogP contribution in [0.15, 0.2) is 34.8 Å². The molecule has 1 nitrogen and oxygen atoms in total. The van der Waals surface area contributed by atoms with Gasteiger partial charge in [0.1, 0.15) is 0 Å². The van der Waals surface area contributed by atoms with E-state index in [1.54, 1.807) is 0 Å². The number of benzene rings is 2. The van der Waals surface area contributed by atoms with Gasteiger partial charge in [-0.25, -0.2) is 0 Å². The van der Waals surface area contributed by atoms with E-state index in [0.717, 1.165) is 6.54 Å². The van der Waals surface area contributed by atoms with E-state index in [9.17, 15) is 0 Å². The van der Waals surface area contributed by atoms with E-state index in [0.29, 0.717) is 0 Å². The molecule has 1 N–H and O–H groups in total. The number of nitrogens with one attached hydrogen (secondary N) is 1. The molecule has 0 fully saturated rings. The molecule has 1 atom stereocenters. The lowest BCUT2D eigenvalue weighted by Crippen LogP contribution is -2.22. The van der Waals surface area contributed by atoms with Gasteiger partial charge in [0.2, 0.25) is 0 Å². The molecule has 0 amide bonds. The van der Waals surface area contributed by atoms with E-state index in [1.165, 1.54) is 37.9 Å². The molecule has 0 radical (unpaired) electrons. The summed E-state index contributed by atoms with van der Waals surface area (Å²) in [6.07, 6.45) is 0. The molecule has 21 heavy (non-hydrogen) atoms. The summed E-state index contributed by atoms with van der Waals surface area (Å²) in [7, 11) is 0. The standard InChI is InChI=1S/C19H24BrN/c1-6-21-19(16-8-12(2)7-13(3)9-16)17-10-14(4)18(20)15(5)11-17/h7-11,19,21H,6H2,1-5H3. The lowest BCUT2D eigenvalue weighted by atomic mass is 9.93. The molecular weight excluding hydrogens is 322 g/mol. The van der Waals surface area contributed by atoms with Crippen molar-refractivity contribution in [2.45, 2.75) is 40.7 Å². The van der Waals surface area contributed by atoms with Crippen LogP contribution in [0.3, 0.4) is 0 Å². The predicted octanol–water partition coefficient (Wildman–Crippen LogP) is 5.38. The molecule has 2 aromatic rings. The fourth-order valence-corrected chi connectivity index (χ4v) is 3.18. The van der Waals surface area contributed by atoms with Crippen LogP contribution in [0.25, 0.3) is 0 Å². The molecule has 2 aromatic carbocycles. The van der Waals surface area contributed by atoms with Crippen molar-refractivity contribution in [2.75, 3.05) is 6.54 Å². The molecule has 112 valence electrons. The summed E-state index contributed by atoms with van der Waals surface area (Å²) in [6, 6.07) is 11.6. The molecule has 0 aromatic heterocycles. The summed E-state index contributed by atoms with van der Waals surface area (Å²) >= 11 is 3.66. The second kappa shape index (κ2) is 6.76. The summed E-state index contributed by atoms with van der Waals surface area (Å²) in [6.45, 7) is 11.8. The first-order valence-corrected chi connectivity index (χ1v) is 8.30. The first-order valence-electron chi connectivity index (χ1n) is 7.50. The zero-order valence-electron chi connectivity index (χ0n) is 13.5. The molecule has 1 unspecified atom stereocenters. The molecule has 2 rings (SSSR count). The number of halogens is 1. The maximum atomic E-state index is 3.66. The Hall–Kier alpha value is -1.12. The smallest absolute Gasteiger partial charge is 0.0577 e. The minimum atomic E-state index is 0.249. The fourth-order valence-electron chi connectivity index (χ4n) is 2.95. The van der Waals surface area contributed by atoms with Crippen LogP contribution in [-0.4, -0.2) is 6.54 Å². The van der Waals surface area contributed by atoms with Crippen molar-refractivity contribution in [2.24, 2.45) is 0 Å². The Balaban J connectivity index is 2.53. The van der Waals surface area contributed by atoms with E-state index < -0.39 is 0 Å². The Morgan fingerprint density at radius 2 is 1.33 bits per heavy atom. The van der Waals surface area contributed by atoms with E-state index in [-0.39, 0.29) is 6.04 Å². The molecule has 0 heterocycles. The van der Waals surface area contributed by atoms with E-state index in [2.05, 4.69) is 86.2 Å². The molecule has 0 aliphatic carbocycles. The Kier molecular flexibility index (Phi) is 5.23. The van der Waals surface area contributed by atoms with Crippen LogP contribution in [0, 0.1) is 27.7 Å². The van der Waals surface area contributed by atoms with Gasteiger partial charge >= 0.3 is 0 Å². The normalized spacial score (nSPS) is 12.5. The van der Waals surface area contributed by atoms with Crippen LogP contribution in [0.5, 0.6) is 0 Å². The Labute approximate surface area is 136 Å². The topological polar surface area (TPSA) is 12.0 Å². The predicted molar refractivity (Wildman–Crippen MR) is 95.1 cm³/mol. The van der Waals surface area contributed by atoms with Gasteiger partial charge in [-0.2, -0.15) is 0 Å². The van der Waals surface area contributed by atoms with Crippen molar-refractivity contribution >= 4 is 15.9 Å². The Bertz CT molecular complexity index is 603. The van der Waals surface area contributed by atoms with Crippen molar-refractivity contribution in [1.82, 2.24) is 5.32 Å². The van der Waals surface area contributed by atoms with Crippen molar-refractivity contribution < 1.29 is 0 Å². The third-order valence-electron chi connectivity index (χ3n) is 3.78. The van der Waals surface area contributed by atoms with Gasteiger partial charge in [-0.3, -0.25) is 0 Å². The summed E-state index contributed by atoms with van der Waals surface area (Å²) in [5.74, 6) is 0. The van der Waals surface area contributed by atoms with Gasteiger partial charge in [0, 0.05) is 4.47 Å². The zero-order valence-corrected chi connectivity index (χ0v) is 15.1. The van der Waals surface area contributed by atoms with Gasteiger partial charge in [-0.15, -0.1) is 0 Å². The summed E-state index contributed by atoms with van der Waals surface area (Å²) in [5, 5.41) is 3.63. The number of rotatable bonds is 4. The molecule has 0 aliphatic heterocycles. The minimum Gasteiger partial charge on any atom is -0.307 e. The van der Waals surface area contributed by atoms with Crippen LogP contribution < -0.4 is 5.32 Å². The highest BCUT2D eigenvalue weighted by Gasteiger charge is 2.15. The van der Waals surface area contributed by atoms with Crippen LogP contribution in [0.4, 0.5) is 0 Å². The van der Waals surface area contributed by atoms with Crippen LogP contribution in [-0.2, 0) is 0 Å². The second-order valence-corrected chi connectivity index (χ2v) is 6.67. The molecule has 0 spiro atoms. The molecular formula is C19H24BrN. The number of hydrogen-bond donors (Lipinski definition) is 1. The van der Waals surface area contributed by atoms with Crippen molar-refractivity contribution in [1.29, 1.82) is 0 Å². The second-order valence-electron chi connectivity index (χ2n) is 5.88. The number of hydrogen-bond acceptors (Lipinski definition) is 1. The largest absolute Gasteiger partial charge is 0.307 e. The van der Waals surface area contributed by atoms with E-state index in [4.69, 9.17) is 0 Å². The summed E-state index contributed by atoms with van der Waals surface area (Å²) < 4.78 is 1.21.